The topological polar surface area (TPSA) is 144 Å². The molecule has 1 aliphatic heterocycles. The zero-order chi connectivity index (χ0) is 29.2. The molecule has 0 spiro atoms. The number of aliphatic hydroxyl groups is 2. The van der Waals surface area contributed by atoms with Crippen molar-refractivity contribution in [2.24, 2.45) is 23.5 Å². The van der Waals surface area contributed by atoms with Crippen molar-refractivity contribution in [2.45, 2.75) is 38.3 Å². The first kappa shape index (κ1) is 27.2. The van der Waals surface area contributed by atoms with Crippen molar-refractivity contribution in [3.63, 3.8) is 0 Å². The Labute approximate surface area is 238 Å². The molecule has 1 saturated carbocycles. The molecule has 0 aromatic heterocycles. The highest BCUT2D eigenvalue weighted by atomic mass is 16.3. The largest absolute Gasteiger partial charge is 0.510 e. The second-order valence-corrected chi connectivity index (χ2v) is 12.0. The van der Waals surface area contributed by atoms with Crippen LogP contribution in [0, 0.1) is 17.8 Å². The van der Waals surface area contributed by atoms with Gasteiger partial charge in [0.1, 0.15) is 22.8 Å². The number of primary amides is 1. The first-order valence-corrected chi connectivity index (χ1v) is 14.2. The molecule has 1 amide bonds. The first-order valence-electron chi connectivity index (χ1n) is 14.2. The molecule has 9 nitrogen and oxygen atoms in total. The van der Waals surface area contributed by atoms with Crippen molar-refractivity contribution < 1.29 is 29.7 Å². The number of nitrogens with two attached hydrogens (primary N) is 1. The molecule has 214 valence electrons. The zero-order valence-electron chi connectivity index (χ0n) is 23.3. The normalized spacial score (nSPS) is 26.3. The van der Waals surface area contributed by atoms with Gasteiger partial charge in [-0.1, -0.05) is 24.3 Å². The maximum atomic E-state index is 13.9. The highest BCUT2D eigenvalue weighted by molar-refractivity contribution is 6.28. The predicted molar refractivity (Wildman–Crippen MR) is 153 cm³/mol. The molecular weight excluding hydrogens is 522 g/mol. The monoisotopic (exact) mass is 557 g/mol. The van der Waals surface area contributed by atoms with Crippen molar-refractivity contribution in [3.05, 3.63) is 70.0 Å². The summed E-state index contributed by atoms with van der Waals surface area (Å²) in [6, 6.07) is 10.9. The molecule has 0 radical (unpaired) electrons. The van der Waals surface area contributed by atoms with Crippen molar-refractivity contribution in [3.8, 4) is 16.9 Å². The summed E-state index contributed by atoms with van der Waals surface area (Å²) in [7, 11) is 3.42. The van der Waals surface area contributed by atoms with E-state index in [1.54, 1.807) is 19.0 Å². The summed E-state index contributed by atoms with van der Waals surface area (Å²) in [4.78, 5) is 43.5. The summed E-state index contributed by atoms with van der Waals surface area (Å²) < 4.78 is 0. The van der Waals surface area contributed by atoms with Crippen molar-refractivity contribution >= 4 is 23.2 Å². The summed E-state index contributed by atoms with van der Waals surface area (Å²) >= 11 is 0. The van der Waals surface area contributed by atoms with E-state index in [9.17, 15) is 29.7 Å². The molecule has 6 rings (SSSR count). The van der Waals surface area contributed by atoms with Crippen molar-refractivity contribution in [2.75, 3.05) is 27.2 Å². The lowest BCUT2D eigenvalue weighted by atomic mass is 9.59. The van der Waals surface area contributed by atoms with Crippen LogP contribution in [0.5, 0.6) is 5.75 Å². The van der Waals surface area contributed by atoms with E-state index in [4.69, 9.17) is 5.73 Å². The van der Waals surface area contributed by atoms with E-state index in [2.05, 4.69) is 17.0 Å². The minimum Gasteiger partial charge on any atom is -0.510 e. The Kier molecular flexibility index (Phi) is 6.74. The smallest absolute Gasteiger partial charge is 0.255 e. The molecule has 5 N–H and O–H groups in total. The van der Waals surface area contributed by atoms with Crippen LogP contribution in [0.1, 0.15) is 36.0 Å². The number of amides is 1. The van der Waals surface area contributed by atoms with Crippen LogP contribution in [0.25, 0.3) is 16.9 Å². The predicted octanol–water partition coefficient (Wildman–Crippen LogP) is 3.11. The highest BCUT2D eigenvalue weighted by Crippen LogP contribution is 2.51. The molecule has 0 bridgehead atoms. The Bertz CT molecular complexity index is 1530. The fourth-order valence-electron chi connectivity index (χ4n) is 7.57. The van der Waals surface area contributed by atoms with Crippen LogP contribution in [0.4, 0.5) is 0 Å². The number of ketones is 2. The third kappa shape index (κ3) is 4.35. The Morgan fingerprint density at radius 3 is 2.46 bits per heavy atom. The van der Waals surface area contributed by atoms with Gasteiger partial charge >= 0.3 is 0 Å². The number of phenols is 1. The summed E-state index contributed by atoms with van der Waals surface area (Å²) in [5.41, 5.74) is 8.91. The molecule has 3 unspecified atom stereocenters. The number of carbonyl (C=O) groups is 3. The first-order chi connectivity index (χ1) is 19.6. The SMILES string of the molecule is CN(C)[C@@H]1C(O)=C(C(N)=O)C(=O)C2C(=O)C3=C(O)c4c(O)ccc(-c5cccc(CN6CCCC6)c5)c4CC3CC21. The number of hydrogen-bond acceptors (Lipinski definition) is 8. The fourth-order valence-corrected chi connectivity index (χ4v) is 7.57. The molecule has 9 heteroatoms. The number of aromatic hydroxyl groups is 1. The van der Waals surface area contributed by atoms with Crippen LogP contribution in [-0.2, 0) is 27.3 Å². The Morgan fingerprint density at radius 1 is 1.05 bits per heavy atom. The van der Waals surface area contributed by atoms with Gasteiger partial charge in [-0.25, -0.2) is 0 Å². The minimum atomic E-state index is -1.26. The van der Waals surface area contributed by atoms with Crippen LogP contribution >= 0.6 is 0 Å². The summed E-state index contributed by atoms with van der Waals surface area (Å²) in [6.07, 6.45) is 3.10. The van der Waals surface area contributed by atoms with Crippen LogP contribution < -0.4 is 5.73 Å². The number of phenolic OH excluding ortho intramolecular Hbond substituents is 1. The second kappa shape index (κ2) is 10.2. The van der Waals surface area contributed by atoms with Gasteiger partial charge in [0.15, 0.2) is 11.6 Å². The second-order valence-electron chi connectivity index (χ2n) is 12.0. The Hall–Kier alpha value is -3.95. The van der Waals surface area contributed by atoms with E-state index in [1.807, 2.05) is 18.2 Å². The third-order valence-corrected chi connectivity index (χ3v) is 9.29. The zero-order valence-corrected chi connectivity index (χ0v) is 23.3. The third-order valence-electron chi connectivity index (χ3n) is 9.29. The number of likely N-dealkylation sites (N-methyl/N-ethyl adjacent to an activating group) is 1. The molecule has 2 aromatic carbocycles. The molecule has 2 fully saturated rings. The van der Waals surface area contributed by atoms with Gasteiger partial charge in [0, 0.05) is 12.1 Å². The number of Topliss-reactive ketones (excluding diaryl/α,β-unsaturated/α-hetero) is 2. The number of nitrogens with zero attached hydrogens (tertiary/aromatic N) is 2. The van der Waals surface area contributed by atoms with Gasteiger partial charge in [-0.15, -0.1) is 0 Å². The molecule has 2 aromatic rings. The molecule has 41 heavy (non-hydrogen) atoms. The van der Waals surface area contributed by atoms with Gasteiger partial charge in [-0.2, -0.15) is 0 Å². The van der Waals surface area contributed by atoms with Gasteiger partial charge in [0.25, 0.3) is 5.91 Å². The van der Waals surface area contributed by atoms with E-state index >= 15 is 0 Å². The van der Waals surface area contributed by atoms with E-state index in [1.165, 1.54) is 24.5 Å². The summed E-state index contributed by atoms with van der Waals surface area (Å²) in [6.45, 7) is 3.02. The van der Waals surface area contributed by atoms with Crippen LogP contribution in [0.2, 0.25) is 0 Å². The van der Waals surface area contributed by atoms with Crippen molar-refractivity contribution in [1.29, 1.82) is 0 Å². The number of benzene rings is 2. The van der Waals surface area contributed by atoms with E-state index in [0.29, 0.717) is 12.8 Å². The van der Waals surface area contributed by atoms with Gasteiger partial charge < -0.3 is 21.1 Å². The lowest BCUT2D eigenvalue weighted by Crippen LogP contribution is -2.55. The van der Waals surface area contributed by atoms with Crippen molar-refractivity contribution in [1.82, 2.24) is 9.80 Å². The lowest BCUT2D eigenvalue weighted by Gasteiger charge is -2.46. The number of likely N-dealkylation sites (tertiary alicyclic amines) is 1. The summed E-state index contributed by atoms with van der Waals surface area (Å²) in [5, 5.41) is 33.3. The lowest BCUT2D eigenvalue weighted by molar-refractivity contribution is -0.136. The van der Waals surface area contributed by atoms with Crippen LogP contribution in [0.3, 0.4) is 0 Å². The highest BCUT2D eigenvalue weighted by Gasteiger charge is 2.55. The molecule has 1 saturated heterocycles. The molecule has 4 aliphatic rings. The van der Waals surface area contributed by atoms with E-state index in [0.717, 1.165) is 36.3 Å². The summed E-state index contributed by atoms with van der Waals surface area (Å²) in [5.74, 6) is -5.70. The van der Waals surface area contributed by atoms with Gasteiger partial charge in [-0.3, -0.25) is 24.2 Å². The van der Waals surface area contributed by atoms with E-state index in [-0.39, 0.29) is 22.6 Å². The quantitative estimate of drug-likeness (QED) is 0.324. The molecule has 1 heterocycles. The molecule has 3 aliphatic carbocycles. The van der Waals surface area contributed by atoms with Gasteiger partial charge in [-0.05, 0) is 99.1 Å². The van der Waals surface area contributed by atoms with E-state index < -0.39 is 52.6 Å². The van der Waals surface area contributed by atoms with Gasteiger partial charge in [0.05, 0.1) is 17.5 Å². The molecule has 4 atom stereocenters. The van der Waals surface area contributed by atoms with Crippen LogP contribution in [-0.4, -0.2) is 75.8 Å². The maximum Gasteiger partial charge on any atom is 0.255 e. The average Bonchev–Trinajstić information content (AvgIpc) is 3.41. The minimum absolute atomic E-state index is 0.0880. The molecular formula is C32H35N3O6. The Morgan fingerprint density at radius 2 is 1.78 bits per heavy atom. The number of carbonyl (C=O) groups excluding carboxylic acids is 3. The number of fused-ring (bicyclic) bond motifs is 3. The average molecular weight is 558 g/mol. The fraction of sp³-hybridized carbons (Fsp3) is 0.406. The van der Waals surface area contributed by atoms with Gasteiger partial charge in [0.2, 0.25) is 0 Å². The Balaban J connectivity index is 1.44. The maximum absolute atomic E-state index is 13.9. The number of rotatable bonds is 5. The number of hydrogen-bond donors (Lipinski definition) is 4. The van der Waals surface area contributed by atoms with Crippen LogP contribution in [0.15, 0.2) is 53.3 Å². The number of aliphatic hydroxyl groups excluding tert-OH is 2. The standard InChI is InChI=1S/C32H35N3O6/c1-34(2)27-21-14-18-13-20-19(17-7-5-6-16(12-17)15-35-10-3-4-11-35)8-9-22(36)24(20)28(37)23(18)29(38)25(21)30(39)26(31(27)40)32(33)41/h5-9,12,18,21,25,27,36-37,40H,3-4,10-11,13-15H2,1-2H3,(H2,33,41)/t18?,21?,25?,27-/m0/s1. The number of allylic oxidation sites excluding steroid dienone is 1.